The fraction of sp³-hybridized carbons (Fsp3) is 0.250. The molecule has 0 bridgehead atoms. The van der Waals surface area contributed by atoms with Crippen molar-refractivity contribution in [3.8, 4) is 0 Å². The lowest BCUT2D eigenvalue weighted by atomic mass is 10.1. The number of rotatable bonds is 3. The van der Waals surface area contributed by atoms with Crippen LogP contribution in [0.4, 0.5) is 18.9 Å². The Kier molecular flexibility index (Phi) is 3.82. The van der Waals surface area contributed by atoms with E-state index in [0.29, 0.717) is 15.8 Å². The maximum Gasteiger partial charge on any atom is 0.408 e. The molecule has 1 N–H and O–H groups in total. The number of aryl methyl sites for hydroxylation is 2. The molecule has 0 aliphatic rings. The summed E-state index contributed by atoms with van der Waals surface area (Å²) < 4.78 is 43.3. The van der Waals surface area contributed by atoms with Crippen LogP contribution >= 0.6 is 0 Å². The summed E-state index contributed by atoms with van der Waals surface area (Å²) in [5.41, 5.74) is 2.42. The van der Waals surface area contributed by atoms with Crippen LogP contribution < -0.4 is 5.32 Å². The third-order valence-electron chi connectivity index (χ3n) is 3.53. The number of nitrogens with one attached hydrogen (secondary N) is 1. The Morgan fingerprint density at radius 2 is 2.08 bits per heavy atom. The van der Waals surface area contributed by atoms with E-state index in [2.05, 4.69) is 10.4 Å². The Labute approximate surface area is 135 Å². The van der Waals surface area contributed by atoms with Crippen molar-refractivity contribution in [2.45, 2.75) is 26.6 Å². The lowest BCUT2D eigenvalue weighted by Gasteiger charge is -2.05. The minimum atomic E-state index is -4.37. The zero-order chi connectivity index (χ0) is 17.5. The molecular weight excluding hydrogens is 323 g/mol. The summed E-state index contributed by atoms with van der Waals surface area (Å²) >= 11 is 0. The molecule has 0 aliphatic heterocycles. The van der Waals surface area contributed by atoms with Crippen molar-refractivity contribution >= 4 is 22.6 Å². The molecule has 0 atom stereocenters. The molecule has 5 nitrogen and oxygen atoms in total. The summed E-state index contributed by atoms with van der Waals surface area (Å²) in [6, 6.07) is 5.59. The highest BCUT2D eigenvalue weighted by atomic mass is 19.4. The molecule has 0 unspecified atom stereocenters. The lowest BCUT2D eigenvalue weighted by molar-refractivity contribution is -0.142. The summed E-state index contributed by atoms with van der Waals surface area (Å²) in [6.07, 6.45) is -2.10. The number of carbonyl (C=O) groups is 1. The second-order valence-corrected chi connectivity index (χ2v) is 5.55. The number of halogens is 3. The molecule has 2 heterocycles. The van der Waals surface area contributed by atoms with Crippen LogP contribution in [0.2, 0.25) is 0 Å². The molecule has 0 saturated carbocycles. The third kappa shape index (κ3) is 3.27. The van der Waals surface area contributed by atoms with Gasteiger partial charge in [0.2, 0.25) is 0 Å². The molecule has 2 aromatic heterocycles. The number of alkyl halides is 3. The van der Waals surface area contributed by atoms with Crippen molar-refractivity contribution in [2.75, 3.05) is 5.32 Å². The van der Waals surface area contributed by atoms with Crippen molar-refractivity contribution in [3.05, 3.63) is 47.5 Å². The summed E-state index contributed by atoms with van der Waals surface area (Å²) in [6.45, 7) is 2.45. The number of fused-ring (bicyclic) bond motifs is 1. The van der Waals surface area contributed by atoms with E-state index in [4.69, 9.17) is 4.42 Å². The molecule has 8 heteroatoms. The first-order chi connectivity index (χ1) is 11.2. The van der Waals surface area contributed by atoms with Crippen LogP contribution in [0.5, 0.6) is 0 Å². The number of carbonyl (C=O) groups excluding carboxylic acids is 1. The molecular formula is C16H14F3N3O2. The van der Waals surface area contributed by atoms with E-state index < -0.39 is 18.6 Å². The maximum atomic E-state index is 12.3. The Bertz CT molecular complexity index is 909. The summed E-state index contributed by atoms with van der Waals surface area (Å²) in [4.78, 5) is 12.3. The van der Waals surface area contributed by atoms with Gasteiger partial charge in [0.05, 0.1) is 11.9 Å². The number of hydrogen-bond donors (Lipinski definition) is 1. The standard InChI is InChI=1S/C16H14F3N3O2/c1-9-3-4-12-10(2)14(24-13(12)5-9)15(23)21-11-6-20-22(7-11)8-16(17,18)19/h3-7H,8H2,1-2H3,(H,21,23). The molecule has 0 aliphatic carbocycles. The molecule has 3 aromatic rings. The fourth-order valence-electron chi connectivity index (χ4n) is 2.44. The van der Waals surface area contributed by atoms with E-state index in [-0.39, 0.29) is 11.4 Å². The fourth-order valence-corrected chi connectivity index (χ4v) is 2.44. The van der Waals surface area contributed by atoms with E-state index >= 15 is 0 Å². The summed E-state index contributed by atoms with van der Waals surface area (Å²) in [7, 11) is 0. The van der Waals surface area contributed by atoms with Gasteiger partial charge in [0, 0.05) is 17.1 Å². The van der Waals surface area contributed by atoms with E-state index in [9.17, 15) is 18.0 Å². The number of anilines is 1. The zero-order valence-electron chi connectivity index (χ0n) is 12.9. The predicted molar refractivity (Wildman–Crippen MR) is 81.9 cm³/mol. The van der Waals surface area contributed by atoms with Gasteiger partial charge in [0.1, 0.15) is 12.1 Å². The number of benzene rings is 1. The maximum absolute atomic E-state index is 12.3. The number of amides is 1. The van der Waals surface area contributed by atoms with Crippen LogP contribution in [0.3, 0.4) is 0 Å². The summed E-state index contributed by atoms with van der Waals surface area (Å²) in [5.74, 6) is -0.410. The zero-order valence-corrected chi connectivity index (χ0v) is 12.9. The Balaban J connectivity index is 1.81. The van der Waals surface area contributed by atoms with Gasteiger partial charge in [-0.25, -0.2) is 0 Å². The first kappa shape index (κ1) is 16.1. The minimum Gasteiger partial charge on any atom is -0.451 e. The summed E-state index contributed by atoms with van der Waals surface area (Å²) in [5, 5.41) is 6.89. The van der Waals surface area contributed by atoms with Crippen molar-refractivity contribution in [3.63, 3.8) is 0 Å². The third-order valence-corrected chi connectivity index (χ3v) is 3.53. The second-order valence-electron chi connectivity index (χ2n) is 5.55. The van der Waals surface area contributed by atoms with Gasteiger partial charge in [0.15, 0.2) is 5.76 Å². The highest BCUT2D eigenvalue weighted by Gasteiger charge is 2.28. The SMILES string of the molecule is Cc1ccc2c(C)c(C(=O)Nc3cnn(CC(F)(F)F)c3)oc2c1. The van der Waals surface area contributed by atoms with Gasteiger partial charge in [-0.1, -0.05) is 12.1 Å². The Hall–Kier alpha value is -2.77. The molecule has 0 radical (unpaired) electrons. The van der Waals surface area contributed by atoms with Crippen molar-refractivity contribution < 1.29 is 22.4 Å². The van der Waals surface area contributed by atoms with Crippen molar-refractivity contribution in [2.24, 2.45) is 0 Å². The average Bonchev–Trinajstić information content (AvgIpc) is 3.01. The molecule has 24 heavy (non-hydrogen) atoms. The first-order valence-electron chi connectivity index (χ1n) is 7.13. The molecule has 0 saturated heterocycles. The molecule has 126 valence electrons. The monoisotopic (exact) mass is 337 g/mol. The van der Waals surface area contributed by atoms with E-state index in [1.165, 1.54) is 0 Å². The number of aromatic nitrogens is 2. The normalized spacial score (nSPS) is 11.9. The van der Waals surface area contributed by atoms with Crippen LogP contribution in [0.1, 0.15) is 21.7 Å². The van der Waals surface area contributed by atoms with Gasteiger partial charge in [0.25, 0.3) is 5.91 Å². The quantitative estimate of drug-likeness (QED) is 0.784. The topological polar surface area (TPSA) is 60.1 Å². The van der Waals surface area contributed by atoms with Crippen molar-refractivity contribution in [1.82, 2.24) is 9.78 Å². The molecule has 0 spiro atoms. The largest absolute Gasteiger partial charge is 0.451 e. The molecule has 0 fully saturated rings. The van der Waals surface area contributed by atoms with Gasteiger partial charge >= 0.3 is 6.18 Å². The predicted octanol–water partition coefficient (Wildman–Crippen LogP) is 4.06. The lowest BCUT2D eigenvalue weighted by Crippen LogP contribution is -2.18. The smallest absolute Gasteiger partial charge is 0.408 e. The van der Waals surface area contributed by atoms with Crippen LogP contribution in [0.15, 0.2) is 35.0 Å². The van der Waals surface area contributed by atoms with Crippen LogP contribution in [0.25, 0.3) is 11.0 Å². The van der Waals surface area contributed by atoms with E-state index in [0.717, 1.165) is 23.3 Å². The van der Waals surface area contributed by atoms with Crippen LogP contribution in [-0.2, 0) is 6.54 Å². The number of hydrogen-bond acceptors (Lipinski definition) is 3. The molecule has 3 rings (SSSR count). The second kappa shape index (κ2) is 5.70. The highest BCUT2D eigenvalue weighted by molar-refractivity contribution is 6.06. The van der Waals surface area contributed by atoms with E-state index in [1.54, 1.807) is 6.92 Å². The van der Waals surface area contributed by atoms with Crippen LogP contribution in [-0.4, -0.2) is 21.9 Å². The Morgan fingerprint density at radius 1 is 1.33 bits per heavy atom. The number of nitrogens with zero attached hydrogens (tertiary/aromatic N) is 2. The van der Waals surface area contributed by atoms with Gasteiger partial charge in [-0.05, 0) is 25.5 Å². The van der Waals surface area contributed by atoms with Gasteiger partial charge < -0.3 is 9.73 Å². The molecule has 1 aromatic carbocycles. The van der Waals surface area contributed by atoms with E-state index in [1.807, 2.05) is 25.1 Å². The number of furan rings is 1. The van der Waals surface area contributed by atoms with Gasteiger partial charge in [-0.2, -0.15) is 18.3 Å². The average molecular weight is 337 g/mol. The van der Waals surface area contributed by atoms with Gasteiger partial charge in [-0.15, -0.1) is 0 Å². The van der Waals surface area contributed by atoms with Crippen LogP contribution in [0, 0.1) is 13.8 Å². The minimum absolute atomic E-state index is 0.124. The Morgan fingerprint density at radius 3 is 2.79 bits per heavy atom. The first-order valence-corrected chi connectivity index (χ1v) is 7.13. The van der Waals surface area contributed by atoms with Gasteiger partial charge in [-0.3, -0.25) is 9.48 Å². The molecule has 1 amide bonds. The van der Waals surface area contributed by atoms with Crippen molar-refractivity contribution in [1.29, 1.82) is 0 Å². The highest BCUT2D eigenvalue weighted by Crippen LogP contribution is 2.27.